The number of hydrogen-bond acceptors (Lipinski definition) is 3. The lowest BCUT2D eigenvalue weighted by Gasteiger charge is -2.12. The van der Waals surface area contributed by atoms with Crippen molar-refractivity contribution in [2.75, 3.05) is 0 Å². The van der Waals surface area contributed by atoms with Gasteiger partial charge in [-0.1, -0.05) is 110 Å². The fraction of sp³-hybridized carbons (Fsp3) is 0.958. The summed E-state index contributed by atoms with van der Waals surface area (Å²) in [6.07, 6.45) is 25.5. The lowest BCUT2D eigenvalue weighted by molar-refractivity contribution is -0.138. The largest absolute Gasteiger partial charge is 0.480 e. The molecule has 0 aliphatic rings. The maximum absolute atomic E-state index is 10.7. The third kappa shape index (κ3) is 20.1. The number of rotatable bonds is 22. The maximum Gasteiger partial charge on any atom is 0.320 e. The van der Waals surface area contributed by atoms with Gasteiger partial charge in [-0.25, -0.2) is 0 Å². The van der Waals surface area contributed by atoms with E-state index < -0.39 is 12.0 Å². The highest BCUT2D eigenvalue weighted by Gasteiger charge is 2.11. The predicted octanol–water partition coefficient (Wildman–Crippen LogP) is 6.55. The number of carboxylic acid groups (broad SMARTS) is 1. The van der Waals surface area contributed by atoms with Crippen molar-refractivity contribution in [1.82, 2.24) is 0 Å². The van der Waals surface area contributed by atoms with E-state index in [1.165, 1.54) is 103 Å². The second-order valence-corrected chi connectivity index (χ2v) is 8.73. The van der Waals surface area contributed by atoms with E-state index in [-0.39, 0.29) is 6.04 Å². The molecule has 168 valence electrons. The lowest BCUT2D eigenvalue weighted by atomic mass is 10.0. The van der Waals surface area contributed by atoms with Gasteiger partial charge in [-0.2, -0.15) is 0 Å². The number of aliphatic carboxylic acids is 1. The van der Waals surface area contributed by atoms with Gasteiger partial charge in [0.15, 0.2) is 0 Å². The Balaban J connectivity index is 3.18. The van der Waals surface area contributed by atoms with E-state index >= 15 is 0 Å². The average molecular weight is 399 g/mol. The zero-order valence-corrected chi connectivity index (χ0v) is 18.8. The van der Waals surface area contributed by atoms with Crippen molar-refractivity contribution in [3.63, 3.8) is 0 Å². The molecule has 1 unspecified atom stereocenters. The van der Waals surface area contributed by atoms with Crippen LogP contribution in [0.25, 0.3) is 0 Å². The van der Waals surface area contributed by atoms with Crippen LogP contribution in [0.2, 0.25) is 0 Å². The molecule has 0 aliphatic carbocycles. The Morgan fingerprint density at radius 1 is 0.607 bits per heavy atom. The first-order valence-corrected chi connectivity index (χ1v) is 12.3. The average Bonchev–Trinajstić information content (AvgIpc) is 2.67. The molecule has 0 bridgehead atoms. The molecule has 2 atom stereocenters. The lowest BCUT2D eigenvalue weighted by Crippen LogP contribution is -2.30. The quantitative estimate of drug-likeness (QED) is 0.180. The van der Waals surface area contributed by atoms with Gasteiger partial charge >= 0.3 is 5.97 Å². The van der Waals surface area contributed by atoms with Crippen molar-refractivity contribution in [2.24, 2.45) is 11.5 Å². The molecular weight excluding hydrogens is 348 g/mol. The summed E-state index contributed by atoms with van der Waals surface area (Å²) in [6.45, 7) is 2.28. The molecule has 0 aromatic heterocycles. The highest BCUT2D eigenvalue weighted by molar-refractivity contribution is 5.72. The van der Waals surface area contributed by atoms with E-state index in [2.05, 4.69) is 6.92 Å². The number of carboxylic acids is 1. The monoisotopic (exact) mass is 398 g/mol. The normalized spacial score (nSPS) is 13.5. The van der Waals surface area contributed by atoms with Crippen molar-refractivity contribution in [1.29, 1.82) is 0 Å². The summed E-state index contributed by atoms with van der Waals surface area (Å²) in [4.78, 5) is 10.7. The smallest absolute Gasteiger partial charge is 0.320 e. The minimum absolute atomic E-state index is 0.202. The SMILES string of the molecule is CCCCCCCCCCCCCCCCCCC(N)CCC[C@H](N)C(=O)O. The topological polar surface area (TPSA) is 89.3 Å². The van der Waals surface area contributed by atoms with Crippen molar-refractivity contribution < 1.29 is 9.90 Å². The summed E-state index contributed by atoms with van der Waals surface area (Å²) >= 11 is 0. The van der Waals surface area contributed by atoms with E-state index in [4.69, 9.17) is 16.6 Å². The molecule has 0 aromatic rings. The minimum atomic E-state index is -0.911. The molecule has 0 saturated carbocycles. The minimum Gasteiger partial charge on any atom is -0.480 e. The van der Waals surface area contributed by atoms with Crippen LogP contribution in [0.5, 0.6) is 0 Å². The molecule has 4 nitrogen and oxygen atoms in total. The highest BCUT2D eigenvalue weighted by Crippen LogP contribution is 2.15. The third-order valence-electron chi connectivity index (χ3n) is 5.84. The Morgan fingerprint density at radius 2 is 0.964 bits per heavy atom. The first kappa shape index (κ1) is 27.4. The molecular formula is C24H50N2O2. The van der Waals surface area contributed by atoms with E-state index in [9.17, 15) is 4.79 Å². The molecule has 0 aliphatic heterocycles. The van der Waals surface area contributed by atoms with Crippen LogP contribution in [0, 0.1) is 0 Å². The molecule has 0 saturated heterocycles. The summed E-state index contributed by atoms with van der Waals surface area (Å²) in [5.74, 6) is -0.911. The van der Waals surface area contributed by atoms with Gasteiger partial charge in [0.1, 0.15) is 6.04 Å². The molecule has 0 aromatic carbocycles. The van der Waals surface area contributed by atoms with Gasteiger partial charge < -0.3 is 16.6 Å². The number of nitrogens with two attached hydrogens (primary N) is 2. The van der Waals surface area contributed by atoms with Crippen molar-refractivity contribution in [3.05, 3.63) is 0 Å². The second kappa shape index (κ2) is 21.1. The van der Waals surface area contributed by atoms with Crippen LogP contribution in [0.15, 0.2) is 0 Å². The van der Waals surface area contributed by atoms with Crippen molar-refractivity contribution >= 4 is 5.97 Å². The summed E-state index contributed by atoms with van der Waals surface area (Å²) < 4.78 is 0. The van der Waals surface area contributed by atoms with Crippen LogP contribution in [-0.2, 0) is 4.79 Å². The highest BCUT2D eigenvalue weighted by atomic mass is 16.4. The third-order valence-corrected chi connectivity index (χ3v) is 5.84. The van der Waals surface area contributed by atoms with E-state index in [1.54, 1.807) is 0 Å². The number of carbonyl (C=O) groups is 1. The van der Waals surface area contributed by atoms with Gasteiger partial charge in [0.25, 0.3) is 0 Å². The molecule has 28 heavy (non-hydrogen) atoms. The molecule has 4 heteroatoms. The second-order valence-electron chi connectivity index (χ2n) is 8.73. The fourth-order valence-corrected chi connectivity index (χ4v) is 3.82. The van der Waals surface area contributed by atoms with Crippen LogP contribution < -0.4 is 11.5 Å². The summed E-state index contributed by atoms with van der Waals surface area (Å²) in [7, 11) is 0. The van der Waals surface area contributed by atoms with Gasteiger partial charge in [-0.05, 0) is 25.7 Å². The van der Waals surface area contributed by atoms with Crippen LogP contribution in [0.1, 0.15) is 135 Å². The molecule has 0 rings (SSSR count). The molecule has 0 spiro atoms. The molecule has 0 heterocycles. The van der Waals surface area contributed by atoms with Crippen molar-refractivity contribution in [3.8, 4) is 0 Å². The molecule has 0 amide bonds. The summed E-state index contributed by atoms with van der Waals surface area (Å²) in [5.41, 5.74) is 11.6. The fourth-order valence-electron chi connectivity index (χ4n) is 3.82. The Morgan fingerprint density at radius 3 is 1.36 bits per heavy atom. The van der Waals surface area contributed by atoms with Crippen LogP contribution in [0.3, 0.4) is 0 Å². The number of unbranched alkanes of at least 4 members (excludes halogenated alkanes) is 15. The van der Waals surface area contributed by atoms with E-state index in [0.29, 0.717) is 6.42 Å². The van der Waals surface area contributed by atoms with E-state index in [1.807, 2.05) is 0 Å². The van der Waals surface area contributed by atoms with Crippen LogP contribution >= 0.6 is 0 Å². The maximum atomic E-state index is 10.7. The summed E-state index contributed by atoms with van der Waals surface area (Å²) in [6, 6.07) is -0.532. The first-order chi connectivity index (χ1) is 13.6. The Kier molecular flexibility index (Phi) is 20.6. The van der Waals surface area contributed by atoms with Crippen LogP contribution in [-0.4, -0.2) is 23.2 Å². The van der Waals surface area contributed by atoms with Gasteiger partial charge in [-0.15, -0.1) is 0 Å². The molecule has 0 radical (unpaired) electrons. The standard InChI is InChI=1S/C24H50N2O2/c1-2-3-4-5-6-7-8-9-10-11-12-13-14-15-16-17-19-22(25)20-18-21-23(26)24(27)28/h22-23H,2-21,25-26H2,1H3,(H,27,28)/t22?,23-/m0/s1. The van der Waals surface area contributed by atoms with Gasteiger partial charge in [0, 0.05) is 6.04 Å². The zero-order chi connectivity index (χ0) is 20.9. The Hall–Kier alpha value is -0.610. The first-order valence-electron chi connectivity index (χ1n) is 12.3. The zero-order valence-electron chi connectivity index (χ0n) is 18.8. The summed E-state index contributed by atoms with van der Waals surface area (Å²) in [5, 5.41) is 8.75. The van der Waals surface area contributed by atoms with Gasteiger partial charge in [-0.3, -0.25) is 4.79 Å². The number of hydrogen-bond donors (Lipinski definition) is 3. The van der Waals surface area contributed by atoms with Crippen molar-refractivity contribution in [2.45, 2.75) is 147 Å². The van der Waals surface area contributed by atoms with E-state index in [0.717, 1.165) is 19.3 Å². The van der Waals surface area contributed by atoms with Gasteiger partial charge in [0.05, 0.1) is 0 Å². The van der Waals surface area contributed by atoms with Crippen LogP contribution in [0.4, 0.5) is 0 Å². The predicted molar refractivity (Wildman–Crippen MR) is 122 cm³/mol. The molecule has 5 N–H and O–H groups in total. The Labute approximate surface area is 175 Å². The van der Waals surface area contributed by atoms with Gasteiger partial charge in [0.2, 0.25) is 0 Å². The Bertz CT molecular complexity index is 337. The molecule has 0 fully saturated rings.